The van der Waals surface area contributed by atoms with Crippen LogP contribution in [0.3, 0.4) is 0 Å². The first-order chi connectivity index (χ1) is 9.04. The Bertz CT molecular complexity index is 557. The lowest BCUT2D eigenvalue weighted by molar-refractivity contribution is 0.492. The summed E-state index contributed by atoms with van der Waals surface area (Å²) < 4.78 is 4.96. The summed E-state index contributed by atoms with van der Waals surface area (Å²) in [6.07, 6.45) is 2.72. The van der Waals surface area contributed by atoms with E-state index in [0.29, 0.717) is 0 Å². The highest BCUT2D eigenvalue weighted by molar-refractivity contribution is 9.10. The topological polar surface area (TPSA) is 47.7 Å². The second-order valence-electron chi connectivity index (χ2n) is 4.66. The number of hydrogen-bond donors (Lipinski definition) is 1. The molecule has 0 fully saturated rings. The Kier molecular flexibility index (Phi) is 4.42. The Balaban J connectivity index is 2.29. The van der Waals surface area contributed by atoms with Gasteiger partial charge in [0.2, 0.25) is 0 Å². The molecular formula is C13H20BrN5. The van der Waals surface area contributed by atoms with Gasteiger partial charge in [-0.2, -0.15) is 10.2 Å². The number of hydrogen-bond acceptors (Lipinski definition) is 3. The van der Waals surface area contributed by atoms with Crippen LogP contribution < -0.4 is 5.32 Å². The lowest BCUT2D eigenvalue weighted by atomic mass is 10.1. The zero-order valence-electron chi connectivity index (χ0n) is 11.8. The standard InChI is InChI=1S/C13H20BrN5/c1-5-15-10(11-6-7-16-18(11)3)8-12-13(14)9(2)17-19(12)4/h6-7,10,15H,5,8H2,1-4H3. The molecule has 1 unspecified atom stereocenters. The Morgan fingerprint density at radius 3 is 2.58 bits per heavy atom. The van der Waals surface area contributed by atoms with E-state index in [2.05, 4.69) is 44.4 Å². The van der Waals surface area contributed by atoms with Gasteiger partial charge in [0.25, 0.3) is 0 Å². The summed E-state index contributed by atoms with van der Waals surface area (Å²) in [5.41, 5.74) is 3.41. The van der Waals surface area contributed by atoms with Crippen molar-refractivity contribution < 1.29 is 0 Å². The fourth-order valence-corrected chi connectivity index (χ4v) is 2.85. The molecule has 2 aromatic heterocycles. The summed E-state index contributed by atoms with van der Waals surface area (Å²) in [6, 6.07) is 2.30. The third kappa shape index (κ3) is 2.90. The Hall–Kier alpha value is -1.14. The summed E-state index contributed by atoms with van der Waals surface area (Å²) in [6.45, 7) is 5.05. The van der Waals surface area contributed by atoms with Crippen LogP contribution in [0.4, 0.5) is 0 Å². The van der Waals surface area contributed by atoms with Gasteiger partial charge in [-0.15, -0.1) is 0 Å². The third-order valence-corrected chi connectivity index (χ3v) is 4.36. The van der Waals surface area contributed by atoms with E-state index >= 15 is 0 Å². The number of likely N-dealkylation sites (N-methyl/N-ethyl adjacent to an activating group) is 1. The van der Waals surface area contributed by atoms with E-state index in [1.165, 1.54) is 11.4 Å². The van der Waals surface area contributed by atoms with E-state index in [0.717, 1.165) is 23.1 Å². The van der Waals surface area contributed by atoms with Crippen LogP contribution in [0, 0.1) is 6.92 Å². The zero-order valence-corrected chi connectivity index (χ0v) is 13.4. The van der Waals surface area contributed by atoms with Crippen molar-refractivity contribution in [1.29, 1.82) is 0 Å². The molecule has 1 atom stereocenters. The fourth-order valence-electron chi connectivity index (χ4n) is 2.35. The van der Waals surface area contributed by atoms with Gasteiger partial charge in [0.15, 0.2) is 0 Å². The number of aromatic nitrogens is 4. The number of nitrogens with one attached hydrogen (secondary N) is 1. The van der Waals surface area contributed by atoms with E-state index in [-0.39, 0.29) is 6.04 Å². The second-order valence-corrected chi connectivity index (χ2v) is 5.46. The summed E-state index contributed by atoms with van der Waals surface area (Å²) in [7, 11) is 3.96. The normalized spacial score (nSPS) is 12.9. The van der Waals surface area contributed by atoms with Crippen LogP contribution in [0.5, 0.6) is 0 Å². The molecule has 0 aliphatic carbocycles. The molecule has 104 valence electrons. The molecule has 6 heteroatoms. The molecule has 2 rings (SSSR count). The van der Waals surface area contributed by atoms with Gasteiger partial charge in [-0.25, -0.2) is 0 Å². The number of rotatable bonds is 5. The summed E-state index contributed by atoms with van der Waals surface area (Å²) in [5, 5.41) is 12.2. The van der Waals surface area contributed by atoms with Crippen LogP contribution in [0.1, 0.15) is 30.0 Å². The van der Waals surface area contributed by atoms with Gasteiger partial charge in [-0.1, -0.05) is 6.92 Å². The maximum Gasteiger partial charge on any atom is 0.0738 e. The van der Waals surface area contributed by atoms with Crippen molar-refractivity contribution in [3.8, 4) is 0 Å². The van der Waals surface area contributed by atoms with E-state index in [1.807, 2.05) is 36.6 Å². The highest BCUT2D eigenvalue weighted by Crippen LogP contribution is 2.25. The highest BCUT2D eigenvalue weighted by atomic mass is 79.9. The van der Waals surface area contributed by atoms with Crippen molar-refractivity contribution >= 4 is 15.9 Å². The predicted molar refractivity (Wildman–Crippen MR) is 79.0 cm³/mol. The lowest BCUT2D eigenvalue weighted by Gasteiger charge is -2.18. The van der Waals surface area contributed by atoms with Gasteiger partial charge in [-0.05, 0) is 35.5 Å². The second kappa shape index (κ2) is 5.88. The number of aryl methyl sites for hydroxylation is 3. The summed E-state index contributed by atoms with van der Waals surface area (Å²) in [4.78, 5) is 0. The molecule has 0 spiro atoms. The average Bonchev–Trinajstić information content (AvgIpc) is 2.88. The molecule has 2 heterocycles. The molecule has 5 nitrogen and oxygen atoms in total. The summed E-state index contributed by atoms with van der Waals surface area (Å²) >= 11 is 3.63. The molecule has 19 heavy (non-hydrogen) atoms. The first kappa shape index (κ1) is 14.3. The molecule has 0 bridgehead atoms. The van der Waals surface area contributed by atoms with Gasteiger partial charge >= 0.3 is 0 Å². The quantitative estimate of drug-likeness (QED) is 0.916. The van der Waals surface area contributed by atoms with Crippen LogP contribution in [-0.2, 0) is 20.5 Å². The predicted octanol–water partition coefficient (Wildman–Crippen LogP) is 2.12. The fraction of sp³-hybridized carbons (Fsp3) is 0.538. The van der Waals surface area contributed by atoms with E-state index < -0.39 is 0 Å². The molecule has 2 aromatic rings. The van der Waals surface area contributed by atoms with Crippen LogP contribution in [0.2, 0.25) is 0 Å². The van der Waals surface area contributed by atoms with Gasteiger partial charge in [0.1, 0.15) is 0 Å². The molecular weight excluding hydrogens is 306 g/mol. The van der Waals surface area contributed by atoms with Crippen molar-refractivity contribution in [2.75, 3.05) is 6.54 Å². The van der Waals surface area contributed by atoms with Crippen LogP contribution in [-0.4, -0.2) is 26.1 Å². The molecule has 0 saturated heterocycles. The Morgan fingerprint density at radius 1 is 1.37 bits per heavy atom. The van der Waals surface area contributed by atoms with Crippen molar-refractivity contribution in [2.45, 2.75) is 26.3 Å². The van der Waals surface area contributed by atoms with Gasteiger partial charge in [0, 0.05) is 26.7 Å². The van der Waals surface area contributed by atoms with Crippen molar-refractivity contribution in [2.24, 2.45) is 14.1 Å². The monoisotopic (exact) mass is 325 g/mol. The lowest BCUT2D eigenvalue weighted by Crippen LogP contribution is -2.26. The van der Waals surface area contributed by atoms with E-state index in [1.54, 1.807) is 0 Å². The SMILES string of the molecule is CCNC(Cc1c(Br)c(C)nn1C)c1ccnn1C. The minimum Gasteiger partial charge on any atom is -0.309 e. The van der Waals surface area contributed by atoms with E-state index in [4.69, 9.17) is 0 Å². The van der Waals surface area contributed by atoms with Gasteiger partial charge < -0.3 is 5.32 Å². The smallest absolute Gasteiger partial charge is 0.0738 e. The van der Waals surface area contributed by atoms with Crippen molar-refractivity contribution in [3.63, 3.8) is 0 Å². The Labute approximate surface area is 122 Å². The van der Waals surface area contributed by atoms with E-state index in [9.17, 15) is 0 Å². The highest BCUT2D eigenvalue weighted by Gasteiger charge is 2.19. The zero-order chi connectivity index (χ0) is 14.0. The molecule has 0 saturated carbocycles. The largest absolute Gasteiger partial charge is 0.309 e. The first-order valence-corrected chi connectivity index (χ1v) is 7.23. The maximum atomic E-state index is 4.45. The minimum absolute atomic E-state index is 0.239. The molecule has 0 aromatic carbocycles. The molecule has 0 radical (unpaired) electrons. The summed E-state index contributed by atoms with van der Waals surface area (Å²) in [5.74, 6) is 0. The molecule has 0 aliphatic rings. The van der Waals surface area contributed by atoms with Crippen molar-refractivity contribution in [1.82, 2.24) is 24.9 Å². The Morgan fingerprint density at radius 2 is 2.11 bits per heavy atom. The van der Waals surface area contributed by atoms with Gasteiger partial charge in [-0.3, -0.25) is 9.36 Å². The molecule has 1 N–H and O–H groups in total. The maximum absolute atomic E-state index is 4.45. The number of nitrogens with zero attached hydrogens (tertiary/aromatic N) is 4. The first-order valence-electron chi connectivity index (χ1n) is 6.43. The van der Waals surface area contributed by atoms with Crippen LogP contribution in [0.25, 0.3) is 0 Å². The van der Waals surface area contributed by atoms with Crippen LogP contribution >= 0.6 is 15.9 Å². The molecule has 0 amide bonds. The minimum atomic E-state index is 0.239. The van der Waals surface area contributed by atoms with Crippen LogP contribution in [0.15, 0.2) is 16.7 Å². The third-order valence-electron chi connectivity index (χ3n) is 3.33. The average molecular weight is 326 g/mol. The van der Waals surface area contributed by atoms with Gasteiger partial charge in [0.05, 0.1) is 27.6 Å². The van der Waals surface area contributed by atoms with Crippen molar-refractivity contribution in [3.05, 3.63) is 33.8 Å². The number of halogens is 1. The molecule has 0 aliphatic heterocycles.